The van der Waals surface area contributed by atoms with Crippen molar-refractivity contribution >= 4 is 5.91 Å². The molecule has 2 heteroatoms. The van der Waals surface area contributed by atoms with E-state index in [0.717, 1.165) is 18.8 Å². The Hall–Kier alpha value is -1.31. The molecule has 2 aliphatic carbocycles. The van der Waals surface area contributed by atoms with Gasteiger partial charge in [-0.25, -0.2) is 0 Å². The van der Waals surface area contributed by atoms with Gasteiger partial charge in [0.1, 0.15) is 0 Å². The molecule has 0 saturated heterocycles. The van der Waals surface area contributed by atoms with Crippen LogP contribution in [0.15, 0.2) is 18.2 Å². The summed E-state index contributed by atoms with van der Waals surface area (Å²) in [6.45, 7) is 0. The number of rotatable bonds is 2. The largest absolute Gasteiger partial charge is 0.369 e. The molecular weight excluding hydrogens is 222 g/mol. The number of nitrogens with two attached hydrogens (primary N) is 1. The minimum Gasteiger partial charge on any atom is -0.369 e. The zero-order valence-electron chi connectivity index (χ0n) is 10.8. The lowest BCUT2D eigenvalue weighted by atomic mass is 9.83. The number of hydrogen-bond acceptors (Lipinski definition) is 1. The highest BCUT2D eigenvalue weighted by molar-refractivity contribution is 5.83. The molecule has 1 fully saturated rings. The molecule has 1 aromatic carbocycles. The second kappa shape index (κ2) is 4.75. The fraction of sp³-hybridized carbons (Fsp3) is 0.562. The Kier molecular flexibility index (Phi) is 3.11. The van der Waals surface area contributed by atoms with Gasteiger partial charge in [-0.05, 0) is 48.3 Å². The average molecular weight is 243 g/mol. The summed E-state index contributed by atoms with van der Waals surface area (Å²) in [5.74, 6) is 0.538. The Morgan fingerprint density at radius 1 is 1.11 bits per heavy atom. The summed E-state index contributed by atoms with van der Waals surface area (Å²) >= 11 is 0. The third-order valence-electron chi connectivity index (χ3n) is 4.66. The van der Waals surface area contributed by atoms with E-state index in [0.29, 0.717) is 0 Å². The first-order valence-electron chi connectivity index (χ1n) is 7.18. The fourth-order valence-electron chi connectivity index (χ4n) is 3.62. The maximum absolute atomic E-state index is 11.4. The SMILES string of the molecule is NC(=O)C1CCc2cc(C3CCCCC3)ccc21. The van der Waals surface area contributed by atoms with Crippen LogP contribution in [0.1, 0.15) is 67.1 Å². The van der Waals surface area contributed by atoms with E-state index in [4.69, 9.17) is 5.73 Å². The quantitative estimate of drug-likeness (QED) is 0.851. The van der Waals surface area contributed by atoms with Gasteiger partial charge in [0, 0.05) is 0 Å². The monoisotopic (exact) mass is 243 g/mol. The smallest absolute Gasteiger partial charge is 0.224 e. The summed E-state index contributed by atoms with van der Waals surface area (Å²) in [6, 6.07) is 6.73. The Morgan fingerprint density at radius 2 is 1.89 bits per heavy atom. The molecule has 0 heterocycles. The Morgan fingerprint density at radius 3 is 2.61 bits per heavy atom. The second-order valence-corrected chi connectivity index (χ2v) is 5.79. The molecule has 0 spiro atoms. The molecule has 0 aromatic heterocycles. The van der Waals surface area contributed by atoms with Crippen LogP contribution in [0, 0.1) is 0 Å². The summed E-state index contributed by atoms with van der Waals surface area (Å²) in [6.07, 6.45) is 8.71. The summed E-state index contributed by atoms with van der Waals surface area (Å²) < 4.78 is 0. The van der Waals surface area contributed by atoms with Gasteiger partial charge in [-0.3, -0.25) is 4.79 Å². The number of carbonyl (C=O) groups is 1. The summed E-state index contributed by atoms with van der Waals surface area (Å²) in [7, 11) is 0. The minimum absolute atomic E-state index is 0.0413. The number of benzene rings is 1. The molecule has 2 nitrogen and oxygen atoms in total. The number of hydrogen-bond donors (Lipinski definition) is 1. The predicted octanol–water partition coefficient (Wildman–Crippen LogP) is 3.25. The third kappa shape index (κ3) is 2.05. The summed E-state index contributed by atoms with van der Waals surface area (Å²) in [5.41, 5.74) is 9.48. The maximum Gasteiger partial charge on any atom is 0.224 e. The number of amides is 1. The fourth-order valence-corrected chi connectivity index (χ4v) is 3.62. The van der Waals surface area contributed by atoms with Crippen LogP contribution in [0.3, 0.4) is 0 Å². The van der Waals surface area contributed by atoms with Crippen LogP contribution in [0.5, 0.6) is 0 Å². The third-order valence-corrected chi connectivity index (χ3v) is 4.66. The van der Waals surface area contributed by atoms with Gasteiger partial charge in [0.05, 0.1) is 5.92 Å². The molecule has 18 heavy (non-hydrogen) atoms. The normalized spacial score (nSPS) is 23.9. The minimum atomic E-state index is -0.167. The number of primary amides is 1. The van der Waals surface area contributed by atoms with Crippen LogP contribution in [0.4, 0.5) is 0 Å². The lowest BCUT2D eigenvalue weighted by Crippen LogP contribution is -2.19. The van der Waals surface area contributed by atoms with Crippen LogP contribution in [0.25, 0.3) is 0 Å². The van der Waals surface area contributed by atoms with E-state index >= 15 is 0 Å². The van der Waals surface area contributed by atoms with Gasteiger partial charge in [0.15, 0.2) is 0 Å². The van der Waals surface area contributed by atoms with Crippen LogP contribution in [-0.2, 0) is 11.2 Å². The molecule has 1 aromatic rings. The van der Waals surface area contributed by atoms with Crippen LogP contribution >= 0.6 is 0 Å². The van der Waals surface area contributed by atoms with Crippen molar-refractivity contribution in [3.05, 3.63) is 34.9 Å². The van der Waals surface area contributed by atoms with Crippen LogP contribution in [0.2, 0.25) is 0 Å². The van der Waals surface area contributed by atoms with E-state index in [1.165, 1.54) is 48.8 Å². The van der Waals surface area contributed by atoms with Crippen molar-refractivity contribution in [2.24, 2.45) is 5.73 Å². The molecule has 1 amide bonds. The lowest BCUT2D eigenvalue weighted by Gasteiger charge is -2.22. The van der Waals surface area contributed by atoms with Crippen molar-refractivity contribution in [1.82, 2.24) is 0 Å². The summed E-state index contributed by atoms with van der Waals surface area (Å²) in [5, 5.41) is 0. The van der Waals surface area contributed by atoms with Gasteiger partial charge >= 0.3 is 0 Å². The highest BCUT2D eigenvalue weighted by Gasteiger charge is 2.27. The van der Waals surface area contributed by atoms with E-state index in [2.05, 4.69) is 18.2 Å². The lowest BCUT2D eigenvalue weighted by molar-refractivity contribution is -0.119. The van der Waals surface area contributed by atoms with Crippen LogP contribution in [-0.4, -0.2) is 5.91 Å². The van der Waals surface area contributed by atoms with Crippen molar-refractivity contribution in [3.8, 4) is 0 Å². The van der Waals surface area contributed by atoms with Gasteiger partial charge < -0.3 is 5.73 Å². The predicted molar refractivity (Wildman–Crippen MR) is 72.5 cm³/mol. The Bertz CT molecular complexity index is 460. The van der Waals surface area contributed by atoms with E-state index in [1.54, 1.807) is 0 Å². The molecular formula is C16H21NO. The highest BCUT2D eigenvalue weighted by atomic mass is 16.1. The molecule has 96 valence electrons. The van der Waals surface area contributed by atoms with Crippen molar-refractivity contribution in [3.63, 3.8) is 0 Å². The molecule has 0 radical (unpaired) electrons. The van der Waals surface area contributed by atoms with Gasteiger partial charge in [0.2, 0.25) is 5.91 Å². The van der Waals surface area contributed by atoms with Gasteiger partial charge in [-0.15, -0.1) is 0 Å². The topological polar surface area (TPSA) is 43.1 Å². The number of fused-ring (bicyclic) bond motifs is 1. The molecule has 1 unspecified atom stereocenters. The van der Waals surface area contributed by atoms with E-state index in [1.807, 2.05) is 0 Å². The van der Waals surface area contributed by atoms with Crippen molar-refractivity contribution < 1.29 is 4.79 Å². The first-order valence-corrected chi connectivity index (χ1v) is 7.18. The van der Waals surface area contributed by atoms with Gasteiger partial charge in [0.25, 0.3) is 0 Å². The number of aryl methyl sites for hydroxylation is 1. The summed E-state index contributed by atoms with van der Waals surface area (Å²) in [4.78, 5) is 11.4. The average Bonchev–Trinajstić information content (AvgIpc) is 2.82. The first kappa shape index (κ1) is 11.8. The van der Waals surface area contributed by atoms with E-state index in [9.17, 15) is 4.79 Å². The molecule has 2 aliphatic rings. The van der Waals surface area contributed by atoms with Crippen LogP contribution < -0.4 is 5.73 Å². The van der Waals surface area contributed by atoms with Crippen molar-refractivity contribution in [2.45, 2.75) is 56.8 Å². The van der Waals surface area contributed by atoms with Gasteiger partial charge in [-0.2, -0.15) is 0 Å². The zero-order chi connectivity index (χ0) is 12.5. The van der Waals surface area contributed by atoms with Crippen molar-refractivity contribution in [1.29, 1.82) is 0 Å². The van der Waals surface area contributed by atoms with E-state index < -0.39 is 0 Å². The zero-order valence-corrected chi connectivity index (χ0v) is 10.8. The number of carbonyl (C=O) groups excluding carboxylic acids is 1. The molecule has 1 saturated carbocycles. The molecule has 1 atom stereocenters. The first-order chi connectivity index (χ1) is 8.75. The maximum atomic E-state index is 11.4. The standard InChI is InChI=1S/C16H21NO/c17-16(18)15-9-7-13-10-12(6-8-14(13)15)11-4-2-1-3-5-11/h6,8,10-11,15H,1-5,7,9H2,(H2,17,18). The second-order valence-electron chi connectivity index (χ2n) is 5.79. The Balaban J connectivity index is 1.86. The molecule has 2 N–H and O–H groups in total. The van der Waals surface area contributed by atoms with Gasteiger partial charge in [-0.1, -0.05) is 37.5 Å². The molecule has 3 rings (SSSR count). The van der Waals surface area contributed by atoms with Crippen molar-refractivity contribution in [2.75, 3.05) is 0 Å². The Labute approximate surface area is 109 Å². The highest BCUT2D eigenvalue weighted by Crippen LogP contribution is 2.38. The van der Waals surface area contributed by atoms with E-state index in [-0.39, 0.29) is 11.8 Å². The molecule has 0 bridgehead atoms. The molecule has 0 aliphatic heterocycles.